The Hall–Kier alpha value is -2.05. The third-order valence-electron chi connectivity index (χ3n) is 3.09. The van der Waals surface area contributed by atoms with Crippen LogP contribution >= 0.6 is 23.2 Å². The van der Waals surface area contributed by atoms with E-state index < -0.39 is 5.97 Å². The molecular weight excluding hydrogens is 341 g/mol. The Labute approximate surface area is 143 Å². The lowest BCUT2D eigenvalue weighted by molar-refractivity contribution is -0.137. The van der Waals surface area contributed by atoms with Gasteiger partial charge in [-0.05, 0) is 24.6 Å². The molecule has 0 aliphatic carbocycles. The fourth-order valence-electron chi connectivity index (χ4n) is 2.10. The van der Waals surface area contributed by atoms with Crippen LogP contribution < -0.4 is 0 Å². The lowest BCUT2D eigenvalue weighted by Crippen LogP contribution is -2.36. The van der Waals surface area contributed by atoms with Gasteiger partial charge in [-0.2, -0.15) is 5.10 Å². The highest BCUT2D eigenvalue weighted by Gasteiger charge is 2.19. The zero-order valence-electron chi connectivity index (χ0n) is 12.4. The maximum absolute atomic E-state index is 12.4. The first-order valence-electron chi connectivity index (χ1n) is 6.93. The molecule has 122 valence electrons. The molecule has 1 aromatic carbocycles. The van der Waals surface area contributed by atoms with Crippen molar-refractivity contribution in [1.29, 1.82) is 0 Å². The second-order valence-electron chi connectivity index (χ2n) is 4.89. The Bertz CT molecular complexity index is 731. The summed E-state index contributed by atoms with van der Waals surface area (Å²) in [6.45, 7) is 1.89. The molecule has 1 N–H and O–H groups in total. The topological polar surface area (TPSA) is 75.4 Å². The van der Waals surface area contributed by atoms with Crippen LogP contribution in [0.1, 0.15) is 23.7 Å². The van der Waals surface area contributed by atoms with Crippen LogP contribution in [0.2, 0.25) is 10.0 Å². The van der Waals surface area contributed by atoms with Gasteiger partial charge in [0.2, 0.25) is 0 Å². The van der Waals surface area contributed by atoms with Crippen molar-refractivity contribution in [2.45, 2.75) is 13.3 Å². The van der Waals surface area contributed by atoms with Crippen molar-refractivity contribution in [3.8, 4) is 5.69 Å². The van der Waals surface area contributed by atoms with Crippen molar-refractivity contribution < 1.29 is 14.7 Å². The summed E-state index contributed by atoms with van der Waals surface area (Å²) in [4.78, 5) is 24.6. The standard InChI is InChI=1S/C15H15Cl2N3O3/c1-2-5-19(9-14(21)22)15(23)10-7-18-20(8-10)13-4-3-11(16)6-12(13)17/h3-4,6-8H,2,5,9H2,1H3,(H,21,22). The van der Waals surface area contributed by atoms with Crippen LogP contribution in [0.5, 0.6) is 0 Å². The summed E-state index contributed by atoms with van der Waals surface area (Å²) in [5, 5.41) is 13.9. The van der Waals surface area contributed by atoms with Crippen molar-refractivity contribution in [1.82, 2.24) is 14.7 Å². The van der Waals surface area contributed by atoms with E-state index in [-0.39, 0.29) is 12.5 Å². The number of amides is 1. The van der Waals surface area contributed by atoms with E-state index in [1.54, 1.807) is 18.2 Å². The van der Waals surface area contributed by atoms with Gasteiger partial charge in [0, 0.05) is 17.8 Å². The molecule has 0 fully saturated rings. The zero-order chi connectivity index (χ0) is 17.0. The summed E-state index contributed by atoms with van der Waals surface area (Å²) in [6.07, 6.45) is 3.57. The highest BCUT2D eigenvalue weighted by Crippen LogP contribution is 2.24. The molecule has 1 aromatic heterocycles. The number of carbonyl (C=O) groups excluding carboxylic acids is 1. The monoisotopic (exact) mass is 355 g/mol. The van der Waals surface area contributed by atoms with E-state index in [1.807, 2.05) is 6.92 Å². The highest BCUT2D eigenvalue weighted by molar-refractivity contribution is 6.35. The van der Waals surface area contributed by atoms with E-state index >= 15 is 0 Å². The molecule has 2 rings (SSSR count). The molecule has 2 aromatic rings. The smallest absolute Gasteiger partial charge is 0.323 e. The Morgan fingerprint density at radius 2 is 2.09 bits per heavy atom. The van der Waals surface area contributed by atoms with Crippen molar-refractivity contribution in [2.24, 2.45) is 0 Å². The molecule has 0 spiro atoms. The van der Waals surface area contributed by atoms with Crippen molar-refractivity contribution in [3.05, 3.63) is 46.2 Å². The molecular formula is C15H15Cl2N3O3. The Morgan fingerprint density at radius 1 is 1.35 bits per heavy atom. The third kappa shape index (κ3) is 4.24. The van der Waals surface area contributed by atoms with Crippen LogP contribution in [0.25, 0.3) is 5.69 Å². The van der Waals surface area contributed by atoms with E-state index in [0.717, 1.165) is 0 Å². The molecule has 8 heteroatoms. The van der Waals surface area contributed by atoms with Gasteiger partial charge in [0.1, 0.15) is 6.54 Å². The lowest BCUT2D eigenvalue weighted by atomic mass is 10.2. The predicted molar refractivity (Wildman–Crippen MR) is 87.4 cm³/mol. The van der Waals surface area contributed by atoms with Gasteiger partial charge in [-0.15, -0.1) is 0 Å². The van der Waals surface area contributed by atoms with E-state index in [1.165, 1.54) is 22.0 Å². The number of aromatic nitrogens is 2. The second kappa shape index (κ2) is 7.48. The van der Waals surface area contributed by atoms with Crippen LogP contribution in [0.3, 0.4) is 0 Å². The molecule has 0 aliphatic rings. The minimum Gasteiger partial charge on any atom is -0.480 e. The average Bonchev–Trinajstić information content (AvgIpc) is 2.95. The summed E-state index contributed by atoms with van der Waals surface area (Å²) in [5.74, 6) is -1.44. The number of rotatable bonds is 6. The van der Waals surface area contributed by atoms with Gasteiger partial charge in [-0.25, -0.2) is 4.68 Å². The Morgan fingerprint density at radius 3 is 2.70 bits per heavy atom. The summed E-state index contributed by atoms with van der Waals surface area (Å²) in [5.41, 5.74) is 0.876. The SMILES string of the molecule is CCCN(CC(=O)O)C(=O)c1cnn(-c2ccc(Cl)cc2Cl)c1. The molecule has 23 heavy (non-hydrogen) atoms. The van der Waals surface area contributed by atoms with Crippen LogP contribution in [0, 0.1) is 0 Å². The van der Waals surface area contributed by atoms with Gasteiger partial charge >= 0.3 is 5.97 Å². The van der Waals surface area contributed by atoms with Gasteiger partial charge in [-0.1, -0.05) is 30.1 Å². The molecule has 0 bridgehead atoms. The number of halogens is 2. The number of carboxylic acids is 1. The minimum absolute atomic E-state index is 0.297. The van der Waals surface area contributed by atoms with E-state index in [0.29, 0.717) is 34.3 Å². The van der Waals surface area contributed by atoms with Crippen molar-refractivity contribution >= 4 is 35.1 Å². The number of hydrogen-bond acceptors (Lipinski definition) is 3. The van der Waals surface area contributed by atoms with Gasteiger partial charge < -0.3 is 10.0 Å². The van der Waals surface area contributed by atoms with Crippen LogP contribution in [-0.2, 0) is 4.79 Å². The maximum Gasteiger partial charge on any atom is 0.323 e. The number of aliphatic carboxylic acids is 1. The number of carboxylic acid groups (broad SMARTS) is 1. The first kappa shape index (κ1) is 17.3. The highest BCUT2D eigenvalue weighted by atomic mass is 35.5. The van der Waals surface area contributed by atoms with E-state index in [9.17, 15) is 9.59 Å². The fourth-order valence-corrected chi connectivity index (χ4v) is 2.60. The Balaban J connectivity index is 2.26. The minimum atomic E-state index is -1.06. The van der Waals surface area contributed by atoms with Gasteiger partial charge in [-0.3, -0.25) is 9.59 Å². The molecule has 0 atom stereocenters. The molecule has 1 heterocycles. The summed E-state index contributed by atoms with van der Waals surface area (Å²) in [6, 6.07) is 4.93. The van der Waals surface area contributed by atoms with E-state index in [2.05, 4.69) is 5.10 Å². The third-order valence-corrected chi connectivity index (χ3v) is 3.63. The Kier molecular flexibility index (Phi) is 5.63. The summed E-state index contributed by atoms with van der Waals surface area (Å²) >= 11 is 12.0. The molecule has 6 nitrogen and oxygen atoms in total. The summed E-state index contributed by atoms with van der Waals surface area (Å²) < 4.78 is 1.46. The number of hydrogen-bond donors (Lipinski definition) is 1. The first-order valence-corrected chi connectivity index (χ1v) is 7.69. The zero-order valence-corrected chi connectivity index (χ0v) is 13.9. The number of nitrogens with zero attached hydrogens (tertiary/aromatic N) is 3. The van der Waals surface area contributed by atoms with Gasteiger partial charge in [0.25, 0.3) is 5.91 Å². The maximum atomic E-state index is 12.4. The number of carbonyl (C=O) groups is 2. The molecule has 0 unspecified atom stereocenters. The van der Waals surface area contributed by atoms with Crippen molar-refractivity contribution in [2.75, 3.05) is 13.1 Å². The molecule has 0 saturated heterocycles. The molecule has 0 aliphatic heterocycles. The first-order chi connectivity index (χ1) is 10.9. The van der Waals surface area contributed by atoms with Crippen LogP contribution in [0.4, 0.5) is 0 Å². The van der Waals surface area contributed by atoms with E-state index in [4.69, 9.17) is 28.3 Å². The largest absolute Gasteiger partial charge is 0.480 e. The normalized spacial score (nSPS) is 10.6. The van der Waals surface area contributed by atoms with Gasteiger partial charge in [0.05, 0.1) is 22.5 Å². The number of benzene rings is 1. The quantitative estimate of drug-likeness (QED) is 0.863. The molecule has 0 saturated carbocycles. The molecule has 1 amide bonds. The lowest BCUT2D eigenvalue weighted by Gasteiger charge is -2.18. The van der Waals surface area contributed by atoms with Gasteiger partial charge in [0.15, 0.2) is 0 Å². The fraction of sp³-hybridized carbons (Fsp3) is 0.267. The second-order valence-corrected chi connectivity index (χ2v) is 5.73. The molecule has 0 radical (unpaired) electrons. The van der Waals surface area contributed by atoms with Crippen LogP contribution in [0.15, 0.2) is 30.6 Å². The summed E-state index contributed by atoms with van der Waals surface area (Å²) in [7, 11) is 0. The van der Waals surface area contributed by atoms with Crippen molar-refractivity contribution in [3.63, 3.8) is 0 Å². The van der Waals surface area contributed by atoms with Crippen LogP contribution in [-0.4, -0.2) is 44.8 Å². The predicted octanol–water partition coefficient (Wildman–Crippen LogP) is 3.12. The average molecular weight is 356 g/mol.